The van der Waals surface area contributed by atoms with E-state index in [0.717, 1.165) is 24.8 Å². The molecule has 0 spiro atoms. The molecule has 0 aliphatic rings. The molecule has 142 valence electrons. The molecule has 5 nitrogen and oxygen atoms in total. The first kappa shape index (κ1) is 20.0. The van der Waals surface area contributed by atoms with Crippen LogP contribution in [0.15, 0.2) is 43.0 Å². The van der Waals surface area contributed by atoms with E-state index in [9.17, 15) is 30.7 Å². The van der Waals surface area contributed by atoms with Gasteiger partial charge in [-0.2, -0.15) is 26.3 Å². The maximum absolute atomic E-state index is 13.0. The number of hydrogen-bond acceptors (Lipinski definition) is 5. The van der Waals surface area contributed by atoms with Gasteiger partial charge in [-0.05, 0) is 18.2 Å². The van der Waals surface area contributed by atoms with Crippen molar-refractivity contribution >= 4 is 0 Å². The largest absolute Gasteiger partial charge is 0.439 e. The molecule has 0 aliphatic heterocycles. The molecule has 1 aromatic carbocycles. The van der Waals surface area contributed by atoms with Gasteiger partial charge in [-0.3, -0.25) is 0 Å². The topological polar surface area (TPSA) is 60.8 Å². The van der Waals surface area contributed by atoms with Crippen molar-refractivity contribution in [2.75, 3.05) is 0 Å². The highest BCUT2D eigenvalue weighted by molar-refractivity contribution is 5.33. The molecule has 0 aliphatic carbocycles. The number of benzene rings is 1. The van der Waals surface area contributed by atoms with Crippen molar-refractivity contribution in [3.63, 3.8) is 0 Å². The van der Waals surface area contributed by atoms with E-state index < -0.39 is 35.4 Å². The summed E-state index contributed by atoms with van der Waals surface area (Å²) in [7, 11) is 0. The van der Waals surface area contributed by atoms with Gasteiger partial charge in [-0.15, -0.1) is 0 Å². The molecule has 3 rings (SSSR count). The van der Waals surface area contributed by atoms with Crippen molar-refractivity contribution < 1.29 is 35.5 Å². The maximum Gasteiger partial charge on any atom is 0.419 e. The predicted octanol–water partition coefficient (Wildman–Crippen LogP) is 4.32. The number of rotatable bonds is 2. The third-order valence-corrected chi connectivity index (χ3v) is 2.67. The Morgan fingerprint density at radius 1 is 0.704 bits per heavy atom. The minimum Gasteiger partial charge on any atom is -0.439 e. The van der Waals surface area contributed by atoms with Crippen LogP contribution in [0.2, 0.25) is 0 Å². The van der Waals surface area contributed by atoms with E-state index in [1.807, 2.05) is 0 Å². The number of hydrogen-bond donors (Lipinski definition) is 0. The van der Waals surface area contributed by atoms with Crippen molar-refractivity contribution in [3.05, 3.63) is 72.2 Å². The molecule has 0 fully saturated rings. The first-order valence-corrected chi connectivity index (χ1v) is 6.80. The van der Waals surface area contributed by atoms with E-state index >= 15 is 0 Å². The molecule has 3 aromatic rings. The fraction of sp³-hybridized carbons (Fsp3) is 0.0667. The molecular weight excluding hydrogens is 385 g/mol. The first-order chi connectivity index (χ1) is 12.6. The van der Waals surface area contributed by atoms with Gasteiger partial charge in [0.15, 0.2) is 0 Å². The zero-order valence-corrected chi connectivity index (χ0v) is 12.9. The van der Waals surface area contributed by atoms with Crippen LogP contribution in [0.4, 0.5) is 30.7 Å². The summed E-state index contributed by atoms with van der Waals surface area (Å²) in [5.74, 6) is -4.62. The average Bonchev–Trinajstić information content (AvgIpc) is 2.56. The summed E-state index contributed by atoms with van der Waals surface area (Å²) in [6.45, 7) is 0. The molecule has 0 radical (unpaired) electrons. The van der Waals surface area contributed by atoms with E-state index in [4.69, 9.17) is 4.74 Å². The highest BCUT2D eigenvalue weighted by Crippen LogP contribution is 2.34. The van der Waals surface area contributed by atoms with Crippen molar-refractivity contribution in [2.24, 2.45) is 0 Å². The summed E-state index contributed by atoms with van der Waals surface area (Å²) < 4.78 is 91.5. The highest BCUT2D eigenvalue weighted by Gasteiger charge is 2.34. The molecule has 0 saturated carbocycles. The molecule has 0 amide bonds. The fourth-order valence-corrected chi connectivity index (χ4v) is 1.59. The first-order valence-electron chi connectivity index (χ1n) is 6.80. The molecule has 2 heterocycles. The monoisotopic (exact) mass is 392 g/mol. The Kier molecular flexibility index (Phi) is 6.21. The Morgan fingerprint density at radius 2 is 1.26 bits per heavy atom. The minimum absolute atomic E-state index is 0.285. The fourth-order valence-electron chi connectivity index (χ4n) is 1.59. The summed E-state index contributed by atoms with van der Waals surface area (Å²) in [5.41, 5.74) is -1.47. The molecular formula is C15H7F7N4O. The molecule has 2 aromatic heterocycles. The Hall–Kier alpha value is -3.31. The number of halogens is 7. The van der Waals surface area contributed by atoms with Gasteiger partial charge < -0.3 is 4.74 Å². The van der Waals surface area contributed by atoms with E-state index in [2.05, 4.69) is 19.9 Å². The average molecular weight is 392 g/mol. The Balaban J connectivity index is 0.000000273. The third kappa shape index (κ3) is 6.17. The van der Waals surface area contributed by atoms with Gasteiger partial charge in [0, 0.05) is 6.07 Å². The Labute approximate surface area is 146 Å². The normalized spacial score (nSPS) is 10.8. The van der Waals surface area contributed by atoms with Gasteiger partial charge in [-0.25, -0.2) is 24.3 Å². The van der Waals surface area contributed by atoms with Crippen molar-refractivity contribution in [3.8, 4) is 11.6 Å². The van der Waals surface area contributed by atoms with Crippen LogP contribution in [0.25, 0.3) is 0 Å². The van der Waals surface area contributed by atoms with E-state index in [1.165, 1.54) is 0 Å². The van der Waals surface area contributed by atoms with E-state index in [0.29, 0.717) is 18.2 Å². The molecule has 27 heavy (non-hydrogen) atoms. The quantitative estimate of drug-likeness (QED) is 0.480. The summed E-state index contributed by atoms with van der Waals surface area (Å²) in [5, 5.41) is 0. The summed E-state index contributed by atoms with van der Waals surface area (Å²) in [4.78, 5) is 12.7. The summed E-state index contributed by atoms with van der Waals surface area (Å²) in [6, 6.07) is 3.45. The van der Waals surface area contributed by atoms with Crippen LogP contribution in [0.3, 0.4) is 0 Å². The van der Waals surface area contributed by atoms with Crippen molar-refractivity contribution in [1.82, 2.24) is 19.9 Å². The van der Waals surface area contributed by atoms with Gasteiger partial charge in [0.25, 0.3) is 0 Å². The molecule has 0 N–H and O–H groups in total. The number of nitrogens with zero attached hydrogens (tertiary/aromatic N) is 4. The van der Waals surface area contributed by atoms with Crippen LogP contribution < -0.4 is 4.74 Å². The predicted molar refractivity (Wildman–Crippen MR) is 75.4 cm³/mol. The van der Waals surface area contributed by atoms with Crippen LogP contribution in [0.1, 0.15) is 5.56 Å². The van der Waals surface area contributed by atoms with E-state index in [-0.39, 0.29) is 11.6 Å². The Morgan fingerprint density at radius 3 is 1.74 bits per heavy atom. The highest BCUT2D eigenvalue weighted by atomic mass is 19.4. The molecule has 0 bridgehead atoms. The van der Waals surface area contributed by atoms with E-state index in [1.54, 1.807) is 0 Å². The smallest absolute Gasteiger partial charge is 0.419 e. The second-order valence-electron chi connectivity index (χ2n) is 4.58. The minimum atomic E-state index is -4.85. The zero-order chi connectivity index (χ0) is 20.0. The standard InChI is InChI=1S/C11H5F5N2O.C4H2F2N2/c12-8-2-1-6(3-7(8)11(14,15)16)19-10-4-9(13)17-5-18-10;5-3-1-4(6)8-2-7-3/h1-5H;1-2H. The second-order valence-corrected chi connectivity index (χ2v) is 4.58. The van der Waals surface area contributed by atoms with Gasteiger partial charge in [-0.1, -0.05) is 0 Å². The molecule has 0 atom stereocenters. The summed E-state index contributed by atoms with van der Waals surface area (Å²) in [6.07, 6.45) is -3.18. The SMILES string of the molecule is Fc1cc(F)ncn1.Fc1cc(Oc2ccc(F)c(C(F)(F)F)c2)ncn1. The lowest BCUT2D eigenvalue weighted by Gasteiger charge is -2.10. The molecule has 0 saturated heterocycles. The zero-order valence-electron chi connectivity index (χ0n) is 12.9. The summed E-state index contributed by atoms with van der Waals surface area (Å²) >= 11 is 0. The van der Waals surface area contributed by atoms with Crippen LogP contribution in [0, 0.1) is 23.7 Å². The van der Waals surface area contributed by atoms with Crippen LogP contribution in [-0.4, -0.2) is 19.9 Å². The van der Waals surface area contributed by atoms with Gasteiger partial charge in [0.05, 0.1) is 11.6 Å². The number of ether oxygens (including phenoxy) is 1. The van der Waals surface area contributed by atoms with Gasteiger partial charge >= 0.3 is 6.18 Å². The lowest BCUT2D eigenvalue weighted by Crippen LogP contribution is -2.08. The second kappa shape index (κ2) is 8.38. The third-order valence-electron chi connectivity index (χ3n) is 2.67. The lowest BCUT2D eigenvalue weighted by molar-refractivity contribution is -0.140. The van der Waals surface area contributed by atoms with Crippen LogP contribution >= 0.6 is 0 Å². The maximum atomic E-state index is 13.0. The Bertz CT molecular complexity index is 903. The van der Waals surface area contributed by atoms with Crippen molar-refractivity contribution in [1.29, 1.82) is 0 Å². The number of alkyl halides is 3. The van der Waals surface area contributed by atoms with Gasteiger partial charge in [0.1, 0.15) is 24.2 Å². The van der Waals surface area contributed by atoms with Crippen LogP contribution in [0.5, 0.6) is 11.6 Å². The number of aromatic nitrogens is 4. The lowest BCUT2D eigenvalue weighted by atomic mass is 10.2. The van der Waals surface area contributed by atoms with Crippen LogP contribution in [-0.2, 0) is 6.18 Å². The molecule has 0 unspecified atom stereocenters. The molecule has 12 heteroatoms. The van der Waals surface area contributed by atoms with Gasteiger partial charge in [0.2, 0.25) is 23.7 Å². The van der Waals surface area contributed by atoms with Crippen molar-refractivity contribution in [2.45, 2.75) is 6.18 Å².